The molecule has 1 aromatic carbocycles. The van der Waals surface area contributed by atoms with Crippen molar-refractivity contribution in [1.29, 1.82) is 0 Å². The molecule has 9 nitrogen and oxygen atoms in total. The van der Waals surface area contributed by atoms with Gasteiger partial charge in [0, 0.05) is 43.3 Å². The maximum absolute atomic E-state index is 12.7. The number of fused-ring (bicyclic) bond motifs is 1. The topological polar surface area (TPSA) is 93.2 Å². The number of anilines is 1. The summed E-state index contributed by atoms with van der Waals surface area (Å²) in [7, 11) is 5.99. The minimum absolute atomic E-state index is 0.117. The third kappa shape index (κ3) is 3.79. The molecule has 0 N–H and O–H groups in total. The fourth-order valence-corrected chi connectivity index (χ4v) is 3.65. The zero-order valence-electron chi connectivity index (χ0n) is 17.7. The fraction of sp³-hybridized carbons (Fsp3) is 0.318. The predicted octanol–water partition coefficient (Wildman–Crippen LogP) is 2.19. The van der Waals surface area contributed by atoms with Gasteiger partial charge >= 0.3 is 0 Å². The predicted molar refractivity (Wildman–Crippen MR) is 116 cm³/mol. The average molecular weight is 417 g/mol. The van der Waals surface area contributed by atoms with Crippen molar-refractivity contribution in [2.75, 3.05) is 32.1 Å². The first-order chi connectivity index (χ1) is 15.0. The summed E-state index contributed by atoms with van der Waals surface area (Å²) in [5, 5.41) is 13.6. The van der Waals surface area contributed by atoms with Gasteiger partial charge in [0.25, 0.3) is 6.01 Å². The normalized spacial score (nSPS) is 14.4. The monoisotopic (exact) mass is 417 g/mol. The standard InChI is InChI=1S/C22H23N7O2/c1-27(2)18-11-29(12-18)22-24-20(13-31-22)21(30)8-17-7-15-6-14(4-5-19(15)26-25-17)16-9-23-28(3)10-16/h4-7,9-10,13,18H,8,11-12H2,1-3H3. The van der Waals surface area contributed by atoms with Crippen molar-refractivity contribution < 1.29 is 9.21 Å². The van der Waals surface area contributed by atoms with Gasteiger partial charge in [-0.15, -0.1) is 0 Å². The Labute approximate surface area is 179 Å². The molecule has 1 aliphatic heterocycles. The van der Waals surface area contributed by atoms with Gasteiger partial charge in [-0.25, -0.2) is 0 Å². The maximum Gasteiger partial charge on any atom is 0.297 e. The summed E-state index contributed by atoms with van der Waals surface area (Å²) < 4.78 is 7.29. The van der Waals surface area contributed by atoms with Gasteiger partial charge in [-0.2, -0.15) is 20.3 Å². The van der Waals surface area contributed by atoms with Gasteiger partial charge in [-0.3, -0.25) is 9.48 Å². The van der Waals surface area contributed by atoms with E-state index in [1.165, 1.54) is 6.26 Å². The summed E-state index contributed by atoms with van der Waals surface area (Å²) in [6, 6.07) is 8.83. The number of carbonyl (C=O) groups is 1. The van der Waals surface area contributed by atoms with Crippen molar-refractivity contribution in [1.82, 2.24) is 29.9 Å². The van der Waals surface area contributed by atoms with Gasteiger partial charge in [-0.1, -0.05) is 6.07 Å². The molecule has 4 aromatic rings. The number of carbonyl (C=O) groups excluding carboxylic acids is 1. The molecule has 0 unspecified atom stereocenters. The Balaban J connectivity index is 1.31. The maximum atomic E-state index is 12.7. The lowest BCUT2D eigenvalue weighted by molar-refractivity contribution is 0.0987. The SMILES string of the molecule is CN(C)C1CN(c2nc(C(=O)Cc3cc4cc(-c5cnn(C)c5)ccc4nn3)co2)C1. The van der Waals surface area contributed by atoms with Gasteiger partial charge in [0.1, 0.15) is 12.0 Å². The van der Waals surface area contributed by atoms with E-state index in [4.69, 9.17) is 4.42 Å². The molecule has 0 radical (unpaired) electrons. The van der Waals surface area contributed by atoms with E-state index < -0.39 is 0 Å². The summed E-state index contributed by atoms with van der Waals surface area (Å²) in [5.74, 6) is -0.142. The number of Topliss-reactive ketones (excluding diaryl/α,β-unsaturated/α-hetero) is 1. The Hall–Kier alpha value is -3.59. The van der Waals surface area contributed by atoms with Crippen molar-refractivity contribution in [2.24, 2.45) is 7.05 Å². The van der Waals surface area contributed by atoms with Crippen LogP contribution < -0.4 is 4.90 Å². The Bertz CT molecular complexity index is 1250. The number of nitrogens with zero attached hydrogens (tertiary/aromatic N) is 7. The minimum Gasteiger partial charge on any atom is -0.431 e. The van der Waals surface area contributed by atoms with Crippen LogP contribution in [-0.2, 0) is 13.5 Å². The molecule has 9 heteroatoms. The van der Waals surface area contributed by atoms with Crippen LogP contribution in [0.1, 0.15) is 16.2 Å². The van der Waals surface area contributed by atoms with E-state index in [0.717, 1.165) is 35.1 Å². The van der Waals surface area contributed by atoms with Crippen molar-refractivity contribution in [3.8, 4) is 11.1 Å². The van der Waals surface area contributed by atoms with E-state index in [1.807, 2.05) is 48.6 Å². The lowest BCUT2D eigenvalue weighted by atomic mass is 10.1. The fourth-order valence-electron chi connectivity index (χ4n) is 3.65. The molecule has 3 aromatic heterocycles. The van der Waals surface area contributed by atoms with E-state index in [0.29, 0.717) is 23.4 Å². The molecular weight excluding hydrogens is 394 g/mol. The van der Waals surface area contributed by atoms with Crippen molar-refractivity contribution >= 4 is 22.7 Å². The highest BCUT2D eigenvalue weighted by molar-refractivity contribution is 5.96. The molecule has 5 rings (SSSR count). The number of aromatic nitrogens is 5. The lowest BCUT2D eigenvalue weighted by Gasteiger charge is -2.41. The van der Waals surface area contributed by atoms with Crippen LogP contribution in [0, 0.1) is 0 Å². The van der Waals surface area contributed by atoms with Crippen LogP contribution in [-0.4, -0.2) is 68.9 Å². The first-order valence-corrected chi connectivity index (χ1v) is 10.1. The van der Waals surface area contributed by atoms with Crippen LogP contribution in [0.5, 0.6) is 0 Å². The molecule has 1 aliphatic rings. The highest BCUT2D eigenvalue weighted by atomic mass is 16.4. The zero-order chi connectivity index (χ0) is 21.5. The third-order valence-corrected chi connectivity index (χ3v) is 5.66. The van der Waals surface area contributed by atoms with Crippen LogP contribution in [0.3, 0.4) is 0 Å². The summed E-state index contributed by atoms with van der Waals surface area (Å²) >= 11 is 0. The molecule has 0 amide bonds. The number of hydrogen-bond acceptors (Lipinski definition) is 8. The Kier molecular flexibility index (Phi) is 4.74. The summed E-state index contributed by atoms with van der Waals surface area (Å²) in [4.78, 5) is 21.3. The molecule has 0 bridgehead atoms. The average Bonchev–Trinajstić information content (AvgIpc) is 3.35. The second-order valence-corrected chi connectivity index (χ2v) is 8.15. The van der Waals surface area contributed by atoms with Gasteiger partial charge in [0.05, 0.1) is 23.8 Å². The van der Waals surface area contributed by atoms with Crippen LogP contribution in [0.2, 0.25) is 0 Å². The number of likely N-dealkylation sites (N-methyl/N-ethyl adjacent to an activating group) is 1. The van der Waals surface area contributed by atoms with E-state index in [9.17, 15) is 4.79 Å². The molecular formula is C22H23N7O2. The van der Waals surface area contributed by atoms with Crippen molar-refractivity contribution in [3.05, 3.63) is 54.3 Å². The van der Waals surface area contributed by atoms with Crippen LogP contribution in [0.25, 0.3) is 22.0 Å². The molecule has 0 atom stereocenters. The number of benzene rings is 1. The van der Waals surface area contributed by atoms with E-state index in [2.05, 4.69) is 39.3 Å². The number of oxazole rings is 1. The second-order valence-electron chi connectivity index (χ2n) is 8.15. The highest BCUT2D eigenvalue weighted by Crippen LogP contribution is 2.24. The molecule has 0 spiro atoms. The van der Waals surface area contributed by atoms with E-state index >= 15 is 0 Å². The molecule has 31 heavy (non-hydrogen) atoms. The lowest BCUT2D eigenvalue weighted by Crippen LogP contribution is -2.57. The quantitative estimate of drug-likeness (QED) is 0.441. The van der Waals surface area contributed by atoms with E-state index in [-0.39, 0.29) is 12.2 Å². The first kappa shape index (κ1) is 19.4. The van der Waals surface area contributed by atoms with Crippen LogP contribution >= 0.6 is 0 Å². The molecule has 1 saturated heterocycles. The summed E-state index contributed by atoms with van der Waals surface area (Å²) in [6.45, 7) is 1.69. The number of aryl methyl sites for hydroxylation is 1. The number of rotatable bonds is 6. The Morgan fingerprint density at radius 2 is 2.03 bits per heavy atom. The smallest absolute Gasteiger partial charge is 0.297 e. The van der Waals surface area contributed by atoms with Gasteiger partial charge < -0.3 is 14.2 Å². The first-order valence-electron chi connectivity index (χ1n) is 10.1. The number of hydrogen-bond donors (Lipinski definition) is 0. The van der Waals surface area contributed by atoms with E-state index in [1.54, 1.807) is 4.68 Å². The molecule has 4 heterocycles. The number of ketones is 1. The third-order valence-electron chi connectivity index (χ3n) is 5.66. The highest BCUT2D eigenvalue weighted by Gasteiger charge is 2.31. The Morgan fingerprint density at radius 3 is 2.77 bits per heavy atom. The van der Waals surface area contributed by atoms with Crippen LogP contribution in [0.4, 0.5) is 6.01 Å². The molecule has 0 saturated carbocycles. The summed E-state index contributed by atoms with van der Waals surface area (Å²) in [5.41, 5.74) is 3.76. The Morgan fingerprint density at radius 1 is 1.19 bits per heavy atom. The molecule has 0 aliphatic carbocycles. The minimum atomic E-state index is -0.142. The summed E-state index contributed by atoms with van der Waals surface area (Å²) in [6.07, 6.45) is 5.32. The van der Waals surface area contributed by atoms with Crippen LogP contribution in [0.15, 0.2) is 47.3 Å². The zero-order valence-corrected chi connectivity index (χ0v) is 17.7. The molecule has 1 fully saturated rings. The molecule has 158 valence electrons. The van der Waals surface area contributed by atoms with Crippen molar-refractivity contribution in [2.45, 2.75) is 12.5 Å². The largest absolute Gasteiger partial charge is 0.431 e. The van der Waals surface area contributed by atoms with Gasteiger partial charge in [-0.05, 0) is 37.9 Å². The van der Waals surface area contributed by atoms with Gasteiger partial charge in [0.15, 0.2) is 5.78 Å². The van der Waals surface area contributed by atoms with Crippen molar-refractivity contribution in [3.63, 3.8) is 0 Å². The van der Waals surface area contributed by atoms with Gasteiger partial charge in [0.2, 0.25) is 0 Å². The second kappa shape index (κ2) is 7.59.